The van der Waals surface area contributed by atoms with E-state index in [0.29, 0.717) is 0 Å². The largest absolute Gasteiger partial charge is 0.381 e. The van der Waals surface area contributed by atoms with Crippen molar-refractivity contribution in [3.8, 4) is 0 Å². The van der Waals surface area contributed by atoms with Crippen LogP contribution in [0.3, 0.4) is 0 Å². The molecule has 0 aromatic heterocycles. The number of carbonyl (C=O) groups is 1. The fraction of sp³-hybridized carbons (Fsp3) is 0.857. The molecule has 0 saturated carbocycles. The first kappa shape index (κ1) is 9.28. The van der Waals surface area contributed by atoms with Gasteiger partial charge in [-0.15, -0.1) is 0 Å². The summed E-state index contributed by atoms with van der Waals surface area (Å²) in [7, 11) is 1.41. The highest BCUT2D eigenvalue weighted by molar-refractivity contribution is 5.72. The van der Waals surface area contributed by atoms with Crippen molar-refractivity contribution in [1.29, 1.82) is 0 Å². The first-order chi connectivity index (χ1) is 5.83. The molecule has 5 heteroatoms. The molecule has 0 bridgehead atoms. The lowest BCUT2D eigenvalue weighted by Gasteiger charge is -2.22. The molecule has 0 aliphatic carbocycles. The molecule has 2 N–H and O–H groups in total. The Labute approximate surface area is 71.4 Å². The van der Waals surface area contributed by atoms with Gasteiger partial charge in [-0.25, -0.2) is 10.3 Å². The standard InChI is InChI=1S/C7H14N2O3/c1-11-9-7(10)8-6-2-4-12-5-3-6/h6H,2-5H2,1H3,(H2,8,9,10). The van der Waals surface area contributed by atoms with Crippen LogP contribution in [-0.4, -0.2) is 32.4 Å². The van der Waals surface area contributed by atoms with Crippen molar-refractivity contribution in [3.05, 3.63) is 0 Å². The summed E-state index contributed by atoms with van der Waals surface area (Å²) >= 11 is 0. The number of nitrogens with one attached hydrogen (secondary N) is 2. The number of ether oxygens (including phenoxy) is 1. The summed E-state index contributed by atoms with van der Waals surface area (Å²) < 4.78 is 5.14. The Balaban J connectivity index is 2.15. The van der Waals surface area contributed by atoms with Crippen LogP contribution in [0, 0.1) is 0 Å². The first-order valence-electron chi connectivity index (χ1n) is 4.00. The molecule has 1 fully saturated rings. The van der Waals surface area contributed by atoms with Gasteiger partial charge in [-0.2, -0.15) is 0 Å². The monoisotopic (exact) mass is 174 g/mol. The summed E-state index contributed by atoms with van der Waals surface area (Å²) in [5, 5.41) is 2.76. The lowest BCUT2D eigenvalue weighted by Crippen LogP contribution is -2.44. The maximum absolute atomic E-state index is 10.9. The van der Waals surface area contributed by atoms with Crippen LogP contribution in [0.15, 0.2) is 0 Å². The molecule has 1 aliphatic heterocycles. The molecule has 1 heterocycles. The summed E-state index contributed by atoms with van der Waals surface area (Å²) in [4.78, 5) is 15.4. The van der Waals surface area contributed by atoms with E-state index in [-0.39, 0.29) is 12.1 Å². The lowest BCUT2D eigenvalue weighted by molar-refractivity contribution is 0.0726. The molecule has 0 unspecified atom stereocenters. The Hall–Kier alpha value is -0.810. The van der Waals surface area contributed by atoms with Crippen LogP contribution in [0.1, 0.15) is 12.8 Å². The second-order valence-corrected chi connectivity index (χ2v) is 2.67. The van der Waals surface area contributed by atoms with Gasteiger partial charge >= 0.3 is 6.03 Å². The molecule has 1 saturated heterocycles. The minimum absolute atomic E-state index is 0.217. The maximum Gasteiger partial charge on any atom is 0.338 e. The maximum atomic E-state index is 10.9. The van der Waals surface area contributed by atoms with Gasteiger partial charge in [0.25, 0.3) is 0 Å². The summed E-state index contributed by atoms with van der Waals surface area (Å²) in [5.41, 5.74) is 2.20. The molecule has 0 atom stereocenters. The molecule has 0 radical (unpaired) electrons. The fourth-order valence-electron chi connectivity index (χ4n) is 1.15. The van der Waals surface area contributed by atoms with E-state index >= 15 is 0 Å². The van der Waals surface area contributed by atoms with Crippen LogP contribution in [0.4, 0.5) is 4.79 Å². The molecule has 12 heavy (non-hydrogen) atoms. The minimum Gasteiger partial charge on any atom is -0.381 e. The third-order valence-electron chi connectivity index (χ3n) is 1.75. The van der Waals surface area contributed by atoms with E-state index in [1.807, 2.05) is 0 Å². The third kappa shape index (κ3) is 3.06. The topological polar surface area (TPSA) is 59.6 Å². The van der Waals surface area contributed by atoms with E-state index < -0.39 is 0 Å². The van der Waals surface area contributed by atoms with Crippen molar-refractivity contribution in [2.24, 2.45) is 0 Å². The molecular formula is C7H14N2O3. The smallest absolute Gasteiger partial charge is 0.338 e. The average Bonchev–Trinajstić information content (AvgIpc) is 2.06. The third-order valence-corrected chi connectivity index (χ3v) is 1.75. The average molecular weight is 174 g/mol. The molecule has 0 aromatic rings. The molecule has 2 amide bonds. The van der Waals surface area contributed by atoms with E-state index in [1.165, 1.54) is 7.11 Å². The molecule has 0 spiro atoms. The number of urea groups is 1. The highest BCUT2D eigenvalue weighted by Crippen LogP contribution is 2.05. The van der Waals surface area contributed by atoms with Gasteiger partial charge < -0.3 is 10.1 Å². The Morgan fingerprint density at radius 2 is 2.17 bits per heavy atom. The van der Waals surface area contributed by atoms with Gasteiger partial charge in [-0.05, 0) is 12.8 Å². The van der Waals surface area contributed by atoms with Gasteiger partial charge in [0.05, 0.1) is 7.11 Å². The first-order valence-corrected chi connectivity index (χ1v) is 4.00. The highest BCUT2D eigenvalue weighted by Gasteiger charge is 2.15. The molecule has 5 nitrogen and oxygen atoms in total. The number of rotatable bonds is 2. The Kier molecular flexibility index (Phi) is 3.83. The van der Waals surface area contributed by atoms with Crippen molar-refractivity contribution in [2.45, 2.75) is 18.9 Å². The van der Waals surface area contributed by atoms with Crippen LogP contribution < -0.4 is 10.8 Å². The van der Waals surface area contributed by atoms with Crippen LogP contribution in [-0.2, 0) is 9.57 Å². The predicted molar refractivity (Wildman–Crippen MR) is 42.5 cm³/mol. The molecule has 1 rings (SSSR count). The Bertz CT molecular complexity index is 146. The Morgan fingerprint density at radius 1 is 1.50 bits per heavy atom. The number of hydrogen-bond acceptors (Lipinski definition) is 3. The highest BCUT2D eigenvalue weighted by atomic mass is 16.6. The van der Waals surface area contributed by atoms with Gasteiger partial charge in [-0.1, -0.05) is 0 Å². The molecule has 0 aromatic carbocycles. The summed E-state index contributed by atoms with van der Waals surface area (Å²) in [6, 6.07) is -0.0710. The van der Waals surface area contributed by atoms with Crippen LogP contribution in [0.25, 0.3) is 0 Å². The summed E-state index contributed by atoms with van der Waals surface area (Å²) in [5.74, 6) is 0. The SMILES string of the molecule is CONC(=O)NC1CCOCC1. The molecular weight excluding hydrogens is 160 g/mol. The summed E-state index contributed by atoms with van der Waals surface area (Å²) in [6.45, 7) is 1.44. The van der Waals surface area contributed by atoms with E-state index in [2.05, 4.69) is 15.6 Å². The predicted octanol–water partition coefficient (Wildman–Crippen LogP) is 0.0260. The van der Waals surface area contributed by atoms with Gasteiger partial charge in [0.15, 0.2) is 0 Å². The lowest BCUT2D eigenvalue weighted by atomic mass is 10.1. The van der Waals surface area contributed by atoms with Crippen molar-refractivity contribution < 1.29 is 14.4 Å². The van der Waals surface area contributed by atoms with Gasteiger partial charge in [0.2, 0.25) is 0 Å². The fourth-order valence-corrected chi connectivity index (χ4v) is 1.15. The van der Waals surface area contributed by atoms with Crippen molar-refractivity contribution in [1.82, 2.24) is 10.8 Å². The van der Waals surface area contributed by atoms with E-state index in [1.54, 1.807) is 0 Å². The number of hydroxylamine groups is 1. The molecule has 70 valence electrons. The Morgan fingerprint density at radius 3 is 2.75 bits per heavy atom. The van der Waals surface area contributed by atoms with Crippen LogP contribution in [0.2, 0.25) is 0 Å². The van der Waals surface area contributed by atoms with Gasteiger partial charge in [-0.3, -0.25) is 4.84 Å². The van der Waals surface area contributed by atoms with E-state index in [0.717, 1.165) is 26.1 Å². The quantitative estimate of drug-likeness (QED) is 0.580. The van der Waals surface area contributed by atoms with Crippen molar-refractivity contribution in [3.63, 3.8) is 0 Å². The zero-order valence-electron chi connectivity index (χ0n) is 7.13. The zero-order chi connectivity index (χ0) is 8.81. The van der Waals surface area contributed by atoms with E-state index in [4.69, 9.17) is 4.74 Å². The second kappa shape index (κ2) is 4.95. The van der Waals surface area contributed by atoms with Crippen molar-refractivity contribution >= 4 is 6.03 Å². The second-order valence-electron chi connectivity index (χ2n) is 2.67. The van der Waals surface area contributed by atoms with Crippen LogP contribution in [0.5, 0.6) is 0 Å². The van der Waals surface area contributed by atoms with Gasteiger partial charge in [0, 0.05) is 19.3 Å². The normalized spacial score (nSPS) is 18.8. The number of hydrogen-bond donors (Lipinski definition) is 2. The minimum atomic E-state index is -0.288. The summed E-state index contributed by atoms with van der Waals surface area (Å²) in [6.07, 6.45) is 1.74. The van der Waals surface area contributed by atoms with Crippen molar-refractivity contribution in [2.75, 3.05) is 20.3 Å². The zero-order valence-corrected chi connectivity index (χ0v) is 7.13. The van der Waals surface area contributed by atoms with Gasteiger partial charge in [0.1, 0.15) is 0 Å². The van der Waals surface area contributed by atoms with E-state index in [9.17, 15) is 4.79 Å². The number of carbonyl (C=O) groups excluding carboxylic acids is 1. The molecule has 1 aliphatic rings. The van der Waals surface area contributed by atoms with Crippen LogP contribution >= 0.6 is 0 Å². The number of amides is 2.